The molecule has 0 aromatic rings. The lowest BCUT2D eigenvalue weighted by Crippen LogP contribution is -2.44. The van der Waals surface area contributed by atoms with Gasteiger partial charge >= 0.3 is 17.2 Å². The van der Waals surface area contributed by atoms with Gasteiger partial charge in [0.2, 0.25) is 12.7 Å². The van der Waals surface area contributed by atoms with Gasteiger partial charge in [-0.15, -0.1) is 0 Å². The molecule has 166 valence electrons. The number of esters is 2. The van der Waals surface area contributed by atoms with E-state index in [0.717, 1.165) is 13.1 Å². The first-order valence-corrected chi connectivity index (χ1v) is 10.3. The molecule has 10 nitrogen and oxygen atoms in total. The molecule has 1 amide bonds. The molecule has 0 aromatic carbocycles. The second-order valence-electron chi connectivity index (χ2n) is 7.38. The average molecular weight is 435 g/mol. The maximum atomic E-state index is 12.2. The highest BCUT2D eigenvalue weighted by atomic mass is 32.2. The van der Waals surface area contributed by atoms with Crippen molar-refractivity contribution in [1.29, 1.82) is 0 Å². The SMILES string of the molecule is CC(=O)N[C@@H](CSC(=O)OCOC(=O)C(C)(C)C)C(=O)OCCN1CCOCC1. The van der Waals surface area contributed by atoms with Crippen LogP contribution >= 0.6 is 11.8 Å². The van der Waals surface area contributed by atoms with Gasteiger partial charge in [0, 0.05) is 32.3 Å². The Bertz CT molecular complexity index is 573. The van der Waals surface area contributed by atoms with Crippen LogP contribution in [0.2, 0.25) is 0 Å². The number of carbonyl (C=O) groups excluding carboxylic acids is 4. The third kappa shape index (κ3) is 11.1. The molecule has 1 heterocycles. The number of thioether (sulfide) groups is 1. The van der Waals surface area contributed by atoms with Crippen LogP contribution < -0.4 is 5.32 Å². The number of hydrogen-bond acceptors (Lipinski definition) is 10. The topological polar surface area (TPSA) is 120 Å². The fourth-order valence-electron chi connectivity index (χ4n) is 2.16. The molecule has 0 saturated carbocycles. The van der Waals surface area contributed by atoms with Crippen LogP contribution in [0.3, 0.4) is 0 Å². The number of nitrogens with one attached hydrogen (secondary N) is 1. The molecule has 11 heteroatoms. The van der Waals surface area contributed by atoms with Gasteiger partial charge in [-0.1, -0.05) is 0 Å². The Kier molecular flexibility index (Phi) is 11.0. The van der Waals surface area contributed by atoms with Crippen LogP contribution in [0.1, 0.15) is 27.7 Å². The van der Waals surface area contributed by atoms with Gasteiger partial charge in [-0.25, -0.2) is 9.59 Å². The van der Waals surface area contributed by atoms with Crippen LogP contribution in [0.15, 0.2) is 0 Å². The Morgan fingerprint density at radius 2 is 1.76 bits per heavy atom. The molecular weight excluding hydrogens is 404 g/mol. The van der Waals surface area contributed by atoms with Crippen LogP contribution in [-0.4, -0.2) is 86.1 Å². The summed E-state index contributed by atoms with van der Waals surface area (Å²) in [5.74, 6) is -1.63. The zero-order valence-electron chi connectivity index (χ0n) is 17.4. The van der Waals surface area contributed by atoms with Crippen LogP contribution in [0.4, 0.5) is 4.79 Å². The van der Waals surface area contributed by atoms with E-state index in [1.54, 1.807) is 20.8 Å². The number of hydrogen-bond donors (Lipinski definition) is 1. The number of amides is 1. The van der Waals surface area contributed by atoms with Crippen molar-refractivity contribution in [3.8, 4) is 0 Å². The predicted molar refractivity (Wildman–Crippen MR) is 105 cm³/mol. The summed E-state index contributed by atoms with van der Waals surface area (Å²) >= 11 is 0.681. The van der Waals surface area contributed by atoms with Crippen LogP contribution in [0.25, 0.3) is 0 Å². The third-order valence-corrected chi connectivity index (χ3v) is 4.62. The lowest BCUT2D eigenvalue weighted by atomic mass is 9.98. The normalized spacial score (nSPS) is 15.9. The maximum absolute atomic E-state index is 12.2. The highest BCUT2D eigenvalue weighted by Gasteiger charge is 2.25. The van der Waals surface area contributed by atoms with Crippen molar-refractivity contribution in [2.45, 2.75) is 33.7 Å². The summed E-state index contributed by atoms with van der Waals surface area (Å²) in [6.07, 6.45) is 0. The Hall–Kier alpha value is -1.85. The second kappa shape index (κ2) is 12.7. The Morgan fingerprint density at radius 1 is 1.10 bits per heavy atom. The zero-order chi connectivity index (χ0) is 21.9. The van der Waals surface area contributed by atoms with E-state index in [4.69, 9.17) is 18.9 Å². The molecule has 0 aliphatic carbocycles. The molecule has 0 radical (unpaired) electrons. The smallest absolute Gasteiger partial charge is 0.370 e. The molecule has 1 atom stereocenters. The summed E-state index contributed by atoms with van der Waals surface area (Å²) < 4.78 is 20.1. The van der Waals surface area contributed by atoms with Gasteiger partial charge < -0.3 is 24.3 Å². The van der Waals surface area contributed by atoms with Crippen molar-refractivity contribution in [3.63, 3.8) is 0 Å². The Morgan fingerprint density at radius 3 is 2.34 bits per heavy atom. The summed E-state index contributed by atoms with van der Waals surface area (Å²) in [6, 6.07) is -0.994. The first-order valence-electron chi connectivity index (χ1n) is 9.30. The van der Waals surface area contributed by atoms with E-state index < -0.39 is 41.4 Å². The van der Waals surface area contributed by atoms with Gasteiger partial charge in [-0.3, -0.25) is 14.5 Å². The van der Waals surface area contributed by atoms with Crippen LogP contribution in [-0.2, 0) is 33.3 Å². The van der Waals surface area contributed by atoms with Crippen LogP contribution in [0.5, 0.6) is 0 Å². The molecule has 0 spiro atoms. The fourth-order valence-corrected chi connectivity index (χ4v) is 2.81. The third-order valence-electron chi connectivity index (χ3n) is 3.76. The number of nitrogens with zero attached hydrogens (tertiary/aromatic N) is 1. The molecule has 1 aliphatic heterocycles. The molecule has 1 N–H and O–H groups in total. The Labute approximate surface area is 174 Å². The van der Waals surface area contributed by atoms with Crippen molar-refractivity contribution in [2.24, 2.45) is 5.41 Å². The van der Waals surface area contributed by atoms with E-state index in [-0.39, 0.29) is 12.4 Å². The van der Waals surface area contributed by atoms with E-state index in [9.17, 15) is 19.2 Å². The fraction of sp³-hybridized carbons (Fsp3) is 0.778. The van der Waals surface area contributed by atoms with Crippen molar-refractivity contribution in [2.75, 3.05) is 52.0 Å². The van der Waals surface area contributed by atoms with Gasteiger partial charge in [-0.05, 0) is 32.5 Å². The van der Waals surface area contributed by atoms with Crippen LogP contribution in [0, 0.1) is 5.41 Å². The van der Waals surface area contributed by atoms with Crippen molar-refractivity contribution in [3.05, 3.63) is 0 Å². The highest BCUT2D eigenvalue weighted by Crippen LogP contribution is 2.15. The molecule has 0 aromatic heterocycles. The van der Waals surface area contributed by atoms with Crippen molar-refractivity contribution >= 4 is 34.9 Å². The maximum Gasteiger partial charge on any atom is 0.370 e. The van der Waals surface area contributed by atoms with Gasteiger partial charge in [0.25, 0.3) is 0 Å². The summed E-state index contributed by atoms with van der Waals surface area (Å²) in [6.45, 7) is 9.35. The molecule has 1 saturated heterocycles. The lowest BCUT2D eigenvalue weighted by Gasteiger charge is -2.26. The molecular formula is C18H30N2O8S. The van der Waals surface area contributed by atoms with E-state index in [1.165, 1.54) is 6.92 Å². The zero-order valence-corrected chi connectivity index (χ0v) is 18.2. The lowest BCUT2D eigenvalue weighted by molar-refractivity contribution is -0.160. The van der Waals surface area contributed by atoms with Crippen molar-refractivity contribution < 1.29 is 38.1 Å². The second-order valence-corrected chi connectivity index (χ2v) is 8.33. The minimum atomic E-state index is -0.994. The number of ether oxygens (including phenoxy) is 4. The minimum Gasteiger partial charge on any atom is -0.463 e. The molecule has 0 unspecified atom stereocenters. The number of rotatable bonds is 9. The summed E-state index contributed by atoms with van der Waals surface area (Å²) in [5.41, 5.74) is -0.707. The number of morpholine rings is 1. The van der Waals surface area contributed by atoms with E-state index >= 15 is 0 Å². The standard InChI is InChI=1S/C18H30N2O8S/c1-13(21)19-14(15(22)26-10-7-20-5-8-25-9-6-20)11-29-17(24)28-12-27-16(23)18(2,3)4/h14H,5-12H2,1-4H3,(H,19,21)/t14-/m0/s1. The van der Waals surface area contributed by atoms with E-state index in [0.29, 0.717) is 31.5 Å². The quantitative estimate of drug-likeness (QED) is 0.412. The molecule has 1 rings (SSSR count). The molecule has 29 heavy (non-hydrogen) atoms. The van der Waals surface area contributed by atoms with E-state index in [2.05, 4.69) is 10.2 Å². The summed E-state index contributed by atoms with van der Waals surface area (Å²) in [4.78, 5) is 49.1. The average Bonchev–Trinajstić information content (AvgIpc) is 2.64. The van der Waals surface area contributed by atoms with Gasteiger partial charge in [-0.2, -0.15) is 0 Å². The summed E-state index contributed by atoms with van der Waals surface area (Å²) in [5, 5.41) is 1.72. The first kappa shape index (κ1) is 25.2. The summed E-state index contributed by atoms with van der Waals surface area (Å²) in [7, 11) is 0. The molecule has 1 fully saturated rings. The highest BCUT2D eigenvalue weighted by molar-refractivity contribution is 8.13. The molecule has 0 bridgehead atoms. The van der Waals surface area contributed by atoms with Crippen molar-refractivity contribution in [1.82, 2.24) is 10.2 Å². The minimum absolute atomic E-state index is 0.0674. The van der Waals surface area contributed by atoms with Gasteiger partial charge in [0.15, 0.2) is 0 Å². The predicted octanol–water partition coefficient (Wildman–Crippen LogP) is 0.783. The number of carbonyl (C=O) groups is 4. The molecule has 1 aliphatic rings. The van der Waals surface area contributed by atoms with Gasteiger partial charge in [0.1, 0.15) is 12.6 Å². The van der Waals surface area contributed by atoms with E-state index in [1.807, 2.05) is 0 Å². The monoisotopic (exact) mass is 434 g/mol. The largest absolute Gasteiger partial charge is 0.463 e. The van der Waals surface area contributed by atoms with Gasteiger partial charge in [0.05, 0.1) is 18.6 Å². The first-order chi connectivity index (χ1) is 13.6. The Balaban J connectivity index is 2.35.